The molecule has 3 aliphatic carbocycles. The summed E-state index contributed by atoms with van der Waals surface area (Å²) in [5, 5.41) is 0. The fourth-order valence-corrected chi connectivity index (χ4v) is 1.30. The molecule has 3 rings (SSSR count). The lowest BCUT2D eigenvalue weighted by Crippen LogP contribution is -2.11. The lowest BCUT2D eigenvalue weighted by molar-refractivity contribution is 0.650. The molecule has 0 spiro atoms. The third-order valence-electron chi connectivity index (χ3n) is 1.84. The molecule has 0 nitrogen and oxygen atoms in total. The Bertz CT molecular complexity index is 112. The van der Waals surface area contributed by atoms with Crippen molar-refractivity contribution in [3.63, 3.8) is 0 Å². The van der Waals surface area contributed by atoms with Crippen LogP contribution in [0.15, 0.2) is 24.3 Å². The maximum absolute atomic E-state index is 2.37. The predicted octanol–water partition coefficient (Wildman–Crippen LogP) is 1.95. The fourth-order valence-electron chi connectivity index (χ4n) is 1.30. The second-order valence-corrected chi connectivity index (χ2v) is 2.48. The van der Waals surface area contributed by atoms with Gasteiger partial charge in [0, 0.05) is 0 Å². The third-order valence-corrected chi connectivity index (χ3v) is 1.84. The van der Waals surface area contributed by atoms with Gasteiger partial charge < -0.3 is 0 Å². The van der Waals surface area contributed by atoms with Crippen molar-refractivity contribution in [1.29, 1.82) is 0 Å². The van der Waals surface area contributed by atoms with Crippen LogP contribution < -0.4 is 0 Å². The number of rotatable bonds is 0. The zero-order chi connectivity index (χ0) is 5.40. The van der Waals surface area contributed by atoms with Crippen molar-refractivity contribution < 1.29 is 0 Å². The van der Waals surface area contributed by atoms with Gasteiger partial charge in [0.1, 0.15) is 0 Å². The molecule has 0 unspecified atom stereocenters. The van der Waals surface area contributed by atoms with E-state index in [0.29, 0.717) is 5.92 Å². The molecule has 0 heterocycles. The Morgan fingerprint density at radius 1 is 1.00 bits per heavy atom. The van der Waals surface area contributed by atoms with Gasteiger partial charge in [0.2, 0.25) is 0 Å². The Morgan fingerprint density at radius 3 is 1.88 bits per heavy atom. The van der Waals surface area contributed by atoms with Gasteiger partial charge in [-0.15, -0.1) is 0 Å². The van der Waals surface area contributed by atoms with E-state index in [9.17, 15) is 0 Å². The maximum atomic E-state index is 2.37. The molecule has 0 saturated heterocycles. The van der Waals surface area contributed by atoms with Gasteiger partial charge in [0.05, 0.1) is 0 Å². The first kappa shape index (κ1) is 4.37. The van der Waals surface area contributed by atoms with Crippen molar-refractivity contribution in [3.8, 4) is 0 Å². The summed E-state index contributed by atoms with van der Waals surface area (Å²) in [5.41, 5.74) is 0. The second-order valence-electron chi connectivity index (χ2n) is 2.48. The number of hydrogen-bond acceptors (Lipinski definition) is 0. The molecule has 0 amide bonds. The van der Waals surface area contributed by atoms with Crippen molar-refractivity contribution >= 4 is 0 Å². The van der Waals surface area contributed by atoms with Gasteiger partial charge in [-0.3, -0.25) is 0 Å². The molecule has 41 valence electrons. The van der Waals surface area contributed by atoms with Gasteiger partial charge in [0.25, 0.3) is 0 Å². The van der Waals surface area contributed by atoms with E-state index in [0.717, 1.165) is 5.92 Å². The van der Waals surface area contributed by atoms with Crippen LogP contribution in [-0.4, -0.2) is 0 Å². The first-order chi connectivity index (χ1) is 3.95. The van der Waals surface area contributed by atoms with Gasteiger partial charge in [-0.05, 0) is 24.7 Å². The molecule has 3 aliphatic rings. The highest BCUT2D eigenvalue weighted by Gasteiger charge is 2.16. The zero-order valence-electron chi connectivity index (χ0n) is 4.75. The highest BCUT2D eigenvalue weighted by atomic mass is 14.2. The molecule has 0 fully saturated rings. The lowest BCUT2D eigenvalue weighted by Gasteiger charge is -2.23. The summed E-state index contributed by atoms with van der Waals surface area (Å²) in [6.45, 7) is 0. The van der Waals surface area contributed by atoms with Gasteiger partial charge in [-0.25, -0.2) is 0 Å². The van der Waals surface area contributed by atoms with Gasteiger partial charge in [-0.2, -0.15) is 0 Å². The summed E-state index contributed by atoms with van der Waals surface area (Å²) >= 11 is 0. The lowest BCUT2D eigenvalue weighted by atomic mass is 9.82. The van der Waals surface area contributed by atoms with Gasteiger partial charge in [0.15, 0.2) is 0 Å². The standard InChI is InChI=1S/C8H9/c1-2-8-5-3-7(1)4-6-8/h1-5,7-8H,6H2. The summed E-state index contributed by atoms with van der Waals surface area (Å²) in [6.07, 6.45) is 12.8. The van der Waals surface area contributed by atoms with Crippen LogP contribution in [0, 0.1) is 18.3 Å². The summed E-state index contributed by atoms with van der Waals surface area (Å²) in [7, 11) is 0. The molecule has 1 radical (unpaired) electrons. The van der Waals surface area contributed by atoms with E-state index in [2.05, 4.69) is 30.7 Å². The normalized spacial score (nSPS) is 41.0. The van der Waals surface area contributed by atoms with E-state index in [1.165, 1.54) is 6.42 Å². The minimum atomic E-state index is 0.667. The van der Waals surface area contributed by atoms with E-state index in [1.807, 2.05) is 0 Å². The Labute approximate surface area is 49.9 Å². The SMILES string of the molecule is [CH]1CC2C=CC1C=C2. The molecule has 0 N–H and O–H groups in total. The number of allylic oxidation sites excluding steroid dienone is 4. The molecule has 2 bridgehead atoms. The molecule has 0 saturated carbocycles. The Morgan fingerprint density at radius 2 is 1.75 bits per heavy atom. The highest BCUT2D eigenvalue weighted by molar-refractivity contribution is 5.22. The minimum absolute atomic E-state index is 0.667. The summed E-state index contributed by atoms with van der Waals surface area (Å²) in [6, 6.07) is 0. The van der Waals surface area contributed by atoms with Crippen LogP contribution in [0.1, 0.15) is 6.42 Å². The predicted molar refractivity (Wildman–Crippen MR) is 34.2 cm³/mol. The quantitative estimate of drug-likeness (QED) is 0.413. The molecule has 0 aromatic rings. The molecule has 0 aliphatic heterocycles. The minimum Gasteiger partial charge on any atom is -0.0810 e. The van der Waals surface area contributed by atoms with E-state index < -0.39 is 0 Å². The summed E-state index contributed by atoms with van der Waals surface area (Å²) < 4.78 is 0. The van der Waals surface area contributed by atoms with Crippen LogP contribution in [0.4, 0.5) is 0 Å². The Balaban J connectivity index is 2.31. The fraction of sp³-hybridized carbons (Fsp3) is 0.375. The topological polar surface area (TPSA) is 0 Å². The average Bonchev–Trinajstić information content (AvgIpc) is 1.92. The van der Waals surface area contributed by atoms with Gasteiger partial charge in [-0.1, -0.05) is 24.3 Å². The summed E-state index contributed by atoms with van der Waals surface area (Å²) in [4.78, 5) is 0. The molecule has 8 heavy (non-hydrogen) atoms. The Kier molecular flexibility index (Phi) is 0.806. The van der Waals surface area contributed by atoms with Crippen LogP contribution in [0.2, 0.25) is 0 Å². The van der Waals surface area contributed by atoms with E-state index in [4.69, 9.17) is 0 Å². The van der Waals surface area contributed by atoms with Gasteiger partial charge >= 0.3 is 0 Å². The maximum Gasteiger partial charge on any atom is -0.00215 e. The van der Waals surface area contributed by atoms with Crippen LogP contribution >= 0.6 is 0 Å². The van der Waals surface area contributed by atoms with Crippen molar-refractivity contribution in [2.75, 3.05) is 0 Å². The smallest absolute Gasteiger partial charge is 0.00215 e. The van der Waals surface area contributed by atoms with Crippen molar-refractivity contribution in [2.45, 2.75) is 6.42 Å². The monoisotopic (exact) mass is 105 g/mol. The number of fused-ring (bicyclic) bond motifs is 1. The first-order valence-corrected chi connectivity index (χ1v) is 3.15. The van der Waals surface area contributed by atoms with Crippen molar-refractivity contribution in [3.05, 3.63) is 30.7 Å². The Hall–Kier alpha value is -0.520. The molecular weight excluding hydrogens is 96.1 g/mol. The zero-order valence-corrected chi connectivity index (χ0v) is 4.75. The molecule has 0 atom stereocenters. The van der Waals surface area contributed by atoms with Crippen LogP contribution in [-0.2, 0) is 0 Å². The van der Waals surface area contributed by atoms with E-state index >= 15 is 0 Å². The second kappa shape index (κ2) is 1.48. The van der Waals surface area contributed by atoms with Crippen molar-refractivity contribution in [1.82, 2.24) is 0 Å². The van der Waals surface area contributed by atoms with E-state index in [-0.39, 0.29) is 0 Å². The molecule has 0 heteroatoms. The van der Waals surface area contributed by atoms with Crippen LogP contribution in [0.3, 0.4) is 0 Å². The van der Waals surface area contributed by atoms with Crippen molar-refractivity contribution in [2.24, 2.45) is 11.8 Å². The number of hydrogen-bond donors (Lipinski definition) is 0. The van der Waals surface area contributed by atoms with E-state index in [1.54, 1.807) is 0 Å². The third kappa shape index (κ3) is 0.525. The summed E-state index contributed by atoms with van der Waals surface area (Å²) in [5.74, 6) is 1.40. The molecule has 0 aromatic heterocycles. The first-order valence-electron chi connectivity index (χ1n) is 3.15. The molecule has 0 aromatic carbocycles. The largest absolute Gasteiger partial charge is 0.0810 e. The highest BCUT2D eigenvalue weighted by Crippen LogP contribution is 2.28. The van der Waals surface area contributed by atoms with Crippen LogP contribution in [0.5, 0.6) is 0 Å². The molecular formula is C8H9. The average molecular weight is 105 g/mol. The van der Waals surface area contributed by atoms with Crippen LogP contribution in [0.25, 0.3) is 0 Å².